The average Bonchev–Trinajstić information content (AvgIpc) is 2.22. The van der Waals surface area contributed by atoms with Gasteiger partial charge in [-0.25, -0.2) is 9.97 Å². The van der Waals surface area contributed by atoms with Crippen LogP contribution in [0.1, 0.15) is 74.6 Å². The topological polar surface area (TPSA) is 37.8 Å². The molecule has 1 aromatic rings. The summed E-state index contributed by atoms with van der Waals surface area (Å²) in [6.45, 7) is 11.9. The Kier molecular flexibility index (Phi) is 4.56. The highest BCUT2D eigenvalue weighted by Crippen LogP contribution is 2.35. The average molecular weight is 261 g/mol. The molecule has 1 fully saturated rings. The molecular weight excluding hydrogens is 234 g/mol. The second-order valence-electron chi connectivity index (χ2n) is 6.26. The maximum atomic E-state index is 4.77. The SMILES string of the molecule is Cc1nc(C2CCC2)nc(C)c1C(C)CNC(C)C. The van der Waals surface area contributed by atoms with Gasteiger partial charge in [-0.05, 0) is 38.2 Å². The van der Waals surface area contributed by atoms with Crippen molar-refractivity contribution in [2.45, 2.75) is 71.8 Å². The number of aromatic nitrogens is 2. The summed E-state index contributed by atoms with van der Waals surface area (Å²) in [6.07, 6.45) is 3.87. The zero-order chi connectivity index (χ0) is 14.0. The molecule has 2 rings (SSSR count). The number of hydrogen-bond donors (Lipinski definition) is 1. The minimum absolute atomic E-state index is 0.470. The fourth-order valence-corrected chi connectivity index (χ4v) is 2.83. The normalized spacial score (nSPS) is 17.6. The molecule has 19 heavy (non-hydrogen) atoms. The van der Waals surface area contributed by atoms with Gasteiger partial charge in [-0.15, -0.1) is 0 Å². The lowest BCUT2D eigenvalue weighted by Crippen LogP contribution is -2.28. The number of aryl methyl sites for hydroxylation is 2. The first-order chi connectivity index (χ1) is 8.99. The molecule has 1 aliphatic carbocycles. The van der Waals surface area contributed by atoms with E-state index in [-0.39, 0.29) is 0 Å². The van der Waals surface area contributed by atoms with Crippen molar-refractivity contribution in [1.29, 1.82) is 0 Å². The first kappa shape index (κ1) is 14.4. The number of hydrogen-bond acceptors (Lipinski definition) is 3. The van der Waals surface area contributed by atoms with Crippen LogP contribution in [0, 0.1) is 13.8 Å². The molecule has 1 saturated carbocycles. The van der Waals surface area contributed by atoms with Gasteiger partial charge in [-0.2, -0.15) is 0 Å². The third-order valence-electron chi connectivity index (χ3n) is 4.14. The summed E-state index contributed by atoms with van der Waals surface area (Å²) in [6, 6.07) is 0.526. The van der Waals surface area contributed by atoms with E-state index in [4.69, 9.17) is 9.97 Å². The summed E-state index contributed by atoms with van der Waals surface area (Å²) < 4.78 is 0. The first-order valence-electron chi connectivity index (χ1n) is 7.57. The fourth-order valence-electron chi connectivity index (χ4n) is 2.83. The van der Waals surface area contributed by atoms with Crippen LogP contribution in [0.2, 0.25) is 0 Å². The minimum atomic E-state index is 0.470. The molecule has 3 nitrogen and oxygen atoms in total. The molecule has 1 atom stereocenters. The molecule has 0 bridgehead atoms. The van der Waals surface area contributed by atoms with E-state index in [2.05, 4.69) is 39.9 Å². The molecule has 1 heterocycles. The lowest BCUT2D eigenvalue weighted by Gasteiger charge is -2.26. The van der Waals surface area contributed by atoms with Gasteiger partial charge in [-0.1, -0.05) is 27.2 Å². The molecule has 0 aliphatic heterocycles. The molecule has 0 saturated heterocycles. The number of rotatable bonds is 5. The van der Waals surface area contributed by atoms with E-state index in [9.17, 15) is 0 Å². The van der Waals surface area contributed by atoms with E-state index in [0.717, 1.165) is 12.4 Å². The van der Waals surface area contributed by atoms with Crippen LogP contribution in [0.4, 0.5) is 0 Å². The summed E-state index contributed by atoms with van der Waals surface area (Å²) in [5.41, 5.74) is 3.68. The predicted molar refractivity (Wildman–Crippen MR) is 79.7 cm³/mol. The number of nitrogens with zero attached hydrogens (tertiary/aromatic N) is 2. The minimum Gasteiger partial charge on any atom is -0.314 e. The van der Waals surface area contributed by atoms with Crippen molar-refractivity contribution in [3.05, 3.63) is 22.8 Å². The van der Waals surface area contributed by atoms with Crippen LogP contribution in [-0.2, 0) is 0 Å². The van der Waals surface area contributed by atoms with Gasteiger partial charge in [0.15, 0.2) is 0 Å². The van der Waals surface area contributed by atoms with Crippen LogP contribution in [0.5, 0.6) is 0 Å². The lowest BCUT2D eigenvalue weighted by molar-refractivity contribution is 0.399. The summed E-state index contributed by atoms with van der Waals surface area (Å²) >= 11 is 0. The lowest BCUT2D eigenvalue weighted by atomic mass is 9.84. The molecule has 1 aliphatic rings. The van der Waals surface area contributed by atoms with E-state index in [1.165, 1.54) is 36.2 Å². The second-order valence-corrected chi connectivity index (χ2v) is 6.26. The third-order valence-corrected chi connectivity index (χ3v) is 4.14. The third kappa shape index (κ3) is 3.33. The van der Waals surface area contributed by atoms with Gasteiger partial charge in [0.25, 0.3) is 0 Å². The molecule has 1 N–H and O–H groups in total. The van der Waals surface area contributed by atoms with Gasteiger partial charge in [0.05, 0.1) is 0 Å². The smallest absolute Gasteiger partial charge is 0.131 e. The molecule has 106 valence electrons. The van der Waals surface area contributed by atoms with Crippen LogP contribution < -0.4 is 5.32 Å². The predicted octanol–water partition coefficient (Wildman–Crippen LogP) is 3.46. The summed E-state index contributed by atoms with van der Waals surface area (Å²) in [5, 5.41) is 3.50. The Morgan fingerprint density at radius 3 is 2.11 bits per heavy atom. The Morgan fingerprint density at radius 2 is 1.68 bits per heavy atom. The maximum Gasteiger partial charge on any atom is 0.131 e. The van der Waals surface area contributed by atoms with Gasteiger partial charge >= 0.3 is 0 Å². The van der Waals surface area contributed by atoms with Gasteiger partial charge in [0.1, 0.15) is 5.82 Å². The van der Waals surface area contributed by atoms with Crippen molar-refractivity contribution in [2.24, 2.45) is 0 Å². The molecule has 0 spiro atoms. The molecule has 1 unspecified atom stereocenters. The van der Waals surface area contributed by atoms with Crippen molar-refractivity contribution in [1.82, 2.24) is 15.3 Å². The number of nitrogens with one attached hydrogen (secondary N) is 1. The van der Waals surface area contributed by atoms with Gasteiger partial charge in [0.2, 0.25) is 0 Å². The highest BCUT2D eigenvalue weighted by atomic mass is 14.9. The van der Waals surface area contributed by atoms with Crippen LogP contribution in [0.25, 0.3) is 0 Å². The van der Waals surface area contributed by atoms with E-state index < -0.39 is 0 Å². The highest BCUT2D eigenvalue weighted by Gasteiger charge is 2.24. The van der Waals surface area contributed by atoms with Crippen molar-refractivity contribution in [2.75, 3.05) is 6.54 Å². The van der Waals surface area contributed by atoms with Gasteiger partial charge in [-0.3, -0.25) is 0 Å². The fraction of sp³-hybridized carbons (Fsp3) is 0.750. The Bertz CT molecular complexity index is 413. The van der Waals surface area contributed by atoms with Crippen LogP contribution in [-0.4, -0.2) is 22.6 Å². The second kappa shape index (κ2) is 6.00. The largest absolute Gasteiger partial charge is 0.314 e. The molecule has 3 heteroatoms. The summed E-state index contributed by atoms with van der Waals surface area (Å²) in [7, 11) is 0. The summed E-state index contributed by atoms with van der Waals surface area (Å²) in [5.74, 6) is 2.17. The maximum absolute atomic E-state index is 4.77. The zero-order valence-corrected chi connectivity index (χ0v) is 13.0. The van der Waals surface area contributed by atoms with E-state index in [0.29, 0.717) is 17.9 Å². The Balaban J connectivity index is 2.16. The molecule has 0 aromatic carbocycles. The van der Waals surface area contributed by atoms with Crippen molar-refractivity contribution in [3.63, 3.8) is 0 Å². The molecule has 1 aromatic heterocycles. The van der Waals surface area contributed by atoms with Crippen LogP contribution in [0.15, 0.2) is 0 Å². The molecule has 0 amide bonds. The monoisotopic (exact) mass is 261 g/mol. The van der Waals surface area contributed by atoms with E-state index in [1.54, 1.807) is 0 Å². The quantitative estimate of drug-likeness (QED) is 0.882. The Morgan fingerprint density at radius 1 is 1.11 bits per heavy atom. The molecular formula is C16H27N3. The van der Waals surface area contributed by atoms with Crippen molar-refractivity contribution in [3.8, 4) is 0 Å². The van der Waals surface area contributed by atoms with Crippen LogP contribution >= 0.6 is 0 Å². The van der Waals surface area contributed by atoms with Crippen molar-refractivity contribution >= 4 is 0 Å². The zero-order valence-electron chi connectivity index (χ0n) is 13.0. The Hall–Kier alpha value is -0.960. The van der Waals surface area contributed by atoms with E-state index in [1.807, 2.05) is 0 Å². The Labute approximate surface area is 117 Å². The molecule has 0 radical (unpaired) electrons. The van der Waals surface area contributed by atoms with Gasteiger partial charge < -0.3 is 5.32 Å². The van der Waals surface area contributed by atoms with Crippen molar-refractivity contribution < 1.29 is 0 Å². The first-order valence-corrected chi connectivity index (χ1v) is 7.57. The van der Waals surface area contributed by atoms with Gasteiger partial charge in [0, 0.05) is 29.9 Å². The van der Waals surface area contributed by atoms with Crippen LogP contribution in [0.3, 0.4) is 0 Å². The summed E-state index contributed by atoms with van der Waals surface area (Å²) in [4.78, 5) is 9.53. The highest BCUT2D eigenvalue weighted by molar-refractivity contribution is 5.29. The standard InChI is InChI=1S/C16H27N3/c1-10(2)17-9-11(3)15-12(4)18-16(19-13(15)5)14-7-6-8-14/h10-11,14,17H,6-9H2,1-5H3. The van der Waals surface area contributed by atoms with E-state index >= 15 is 0 Å².